The van der Waals surface area contributed by atoms with E-state index >= 15 is 0 Å². The fourth-order valence-electron chi connectivity index (χ4n) is 1.37. The van der Waals surface area contributed by atoms with Gasteiger partial charge < -0.3 is 0 Å². The van der Waals surface area contributed by atoms with E-state index in [0.717, 1.165) is 5.25 Å². The van der Waals surface area contributed by atoms with Gasteiger partial charge in [0.1, 0.15) is 0 Å². The molecule has 2 heteroatoms. The van der Waals surface area contributed by atoms with E-state index in [4.69, 9.17) is 0 Å². The van der Waals surface area contributed by atoms with Crippen LogP contribution in [0.15, 0.2) is 27.6 Å². The molecule has 1 aliphatic rings. The maximum absolute atomic E-state index is 3.59. The van der Waals surface area contributed by atoms with E-state index in [2.05, 4.69) is 41.1 Å². The third-order valence-corrected chi connectivity index (χ3v) is 4.78. The third-order valence-electron chi connectivity index (χ3n) is 2.43. The summed E-state index contributed by atoms with van der Waals surface area (Å²) in [5, 5.41) is 0.873. The summed E-state index contributed by atoms with van der Waals surface area (Å²) < 4.78 is 1.25. The maximum Gasteiger partial charge on any atom is 0.0311 e. The van der Waals surface area contributed by atoms with Crippen molar-refractivity contribution in [2.45, 2.75) is 36.3 Å². The molecule has 2 rings (SSSR count). The summed E-state index contributed by atoms with van der Waals surface area (Å²) in [6, 6.07) is 6.57. The van der Waals surface area contributed by atoms with Crippen LogP contribution < -0.4 is 0 Å². The monoisotopic (exact) mass is 256 g/mol. The Labute approximate surface area is 92.2 Å². The molecule has 0 aromatic heterocycles. The quantitative estimate of drug-likeness (QED) is 0.756. The number of thioether (sulfide) groups is 1. The second-order valence-electron chi connectivity index (χ2n) is 3.60. The number of benzene rings is 1. The molecule has 13 heavy (non-hydrogen) atoms. The van der Waals surface area contributed by atoms with Gasteiger partial charge in [-0.2, -0.15) is 0 Å². The molecule has 0 unspecified atom stereocenters. The molecule has 1 aliphatic carbocycles. The molecule has 1 aromatic rings. The van der Waals surface area contributed by atoms with Crippen LogP contribution in [0.1, 0.15) is 24.8 Å². The highest BCUT2D eigenvalue weighted by molar-refractivity contribution is 9.10. The van der Waals surface area contributed by atoms with Crippen molar-refractivity contribution in [3.63, 3.8) is 0 Å². The number of hydrogen-bond donors (Lipinski definition) is 0. The van der Waals surface area contributed by atoms with Gasteiger partial charge in [-0.05, 0) is 53.4 Å². The molecule has 0 amide bonds. The highest BCUT2D eigenvalue weighted by Crippen LogP contribution is 2.39. The molecule has 0 radical (unpaired) electrons. The summed E-state index contributed by atoms with van der Waals surface area (Å²) in [5.41, 5.74) is 1.35. The van der Waals surface area contributed by atoms with E-state index in [1.165, 1.54) is 34.2 Å². The van der Waals surface area contributed by atoms with E-state index in [0.29, 0.717) is 0 Å². The minimum absolute atomic E-state index is 0.873. The minimum Gasteiger partial charge on any atom is -0.122 e. The number of aryl methyl sites for hydroxylation is 1. The summed E-state index contributed by atoms with van der Waals surface area (Å²) in [4.78, 5) is 1.41. The zero-order valence-corrected chi connectivity index (χ0v) is 10.1. The molecule has 0 heterocycles. The molecule has 1 aromatic carbocycles. The molecule has 1 fully saturated rings. The second-order valence-corrected chi connectivity index (χ2v) is 5.80. The molecule has 1 saturated carbocycles. The second kappa shape index (κ2) is 4.05. The molecule has 70 valence electrons. The van der Waals surface area contributed by atoms with Gasteiger partial charge in [0.2, 0.25) is 0 Å². The zero-order valence-electron chi connectivity index (χ0n) is 7.72. The molecule has 0 atom stereocenters. The van der Waals surface area contributed by atoms with Gasteiger partial charge in [-0.25, -0.2) is 0 Å². The third kappa shape index (κ3) is 2.29. The summed E-state index contributed by atoms with van der Waals surface area (Å²) in [6.07, 6.45) is 4.21. The summed E-state index contributed by atoms with van der Waals surface area (Å²) >= 11 is 5.62. The Balaban J connectivity index is 2.13. The maximum atomic E-state index is 3.59. The molecule has 0 N–H and O–H groups in total. The SMILES string of the molecule is Cc1ccc(Br)c(SC2CCC2)c1. The molecule has 0 spiro atoms. The zero-order chi connectivity index (χ0) is 9.26. The molecule has 0 aliphatic heterocycles. The average molecular weight is 257 g/mol. The number of hydrogen-bond acceptors (Lipinski definition) is 1. The van der Waals surface area contributed by atoms with Gasteiger partial charge in [0.15, 0.2) is 0 Å². The Morgan fingerprint density at radius 2 is 2.15 bits per heavy atom. The lowest BCUT2D eigenvalue weighted by atomic mass is 10.0. The van der Waals surface area contributed by atoms with Crippen LogP contribution in [0.4, 0.5) is 0 Å². The van der Waals surface area contributed by atoms with Crippen LogP contribution >= 0.6 is 27.7 Å². The predicted molar refractivity (Wildman–Crippen MR) is 62.4 cm³/mol. The molecular weight excluding hydrogens is 244 g/mol. The highest BCUT2D eigenvalue weighted by Gasteiger charge is 2.19. The van der Waals surface area contributed by atoms with Crippen LogP contribution in [-0.4, -0.2) is 5.25 Å². The summed E-state index contributed by atoms with van der Waals surface area (Å²) in [6.45, 7) is 2.15. The average Bonchev–Trinajstić information content (AvgIpc) is 2.03. The lowest BCUT2D eigenvalue weighted by Crippen LogP contribution is -2.12. The first-order chi connectivity index (χ1) is 6.25. The molecule has 0 nitrogen and oxygen atoms in total. The van der Waals surface area contributed by atoms with Crippen LogP contribution in [0, 0.1) is 6.92 Å². The van der Waals surface area contributed by atoms with Crippen LogP contribution in [0.25, 0.3) is 0 Å². The Hall–Kier alpha value is 0.0500. The van der Waals surface area contributed by atoms with Crippen molar-refractivity contribution in [1.29, 1.82) is 0 Å². The van der Waals surface area contributed by atoms with Gasteiger partial charge in [0.05, 0.1) is 0 Å². The first-order valence-corrected chi connectivity index (χ1v) is 6.36. The van der Waals surface area contributed by atoms with Gasteiger partial charge in [-0.3, -0.25) is 0 Å². The first kappa shape index (κ1) is 9.60. The number of halogens is 1. The van der Waals surface area contributed by atoms with Gasteiger partial charge in [0.25, 0.3) is 0 Å². The van der Waals surface area contributed by atoms with Gasteiger partial charge in [-0.15, -0.1) is 11.8 Å². The van der Waals surface area contributed by atoms with Gasteiger partial charge >= 0.3 is 0 Å². The van der Waals surface area contributed by atoms with Crippen LogP contribution in [0.3, 0.4) is 0 Å². The van der Waals surface area contributed by atoms with E-state index in [9.17, 15) is 0 Å². The van der Waals surface area contributed by atoms with Crippen molar-refractivity contribution < 1.29 is 0 Å². The van der Waals surface area contributed by atoms with Crippen molar-refractivity contribution in [2.75, 3.05) is 0 Å². The fourth-order valence-corrected chi connectivity index (χ4v) is 3.26. The minimum atomic E-state index is 0.873. The smallest absolute Gasteiger partial charge is 0.0311 e. The van der Waals surface area contributed by atoms with Gasteiger partial charge in [-0.1, -0.05) is 12.5 Å². The van der Waals surface area contributed by atoms with Crippen molar-refractivity contribution in [3.05, 3.63) is 28.2 Å². The summed E-state index contributed by atoms with van der Waals surface area (Å²) in [5.74, 6) is 0. The highest BCUT2D eigenvalue weighted by atomic mass is 79.9. The van der Waals surface area contributed by atoms with Crippen molar-refractivity contribution >= 4 is 27.7 Å². The fraction of sp³-hybridized carbons (Fsp3) is 0.455. The Morgan fingerprint density at radius 3 is 2.77 bits per heavy atom. The van der Waals surface area contributed by atoms with E-state index in [1.807, 2.05) is 11.8 Å². The van der Waals surface area contributed by atoms with Crippen molar-refractivity contribution in [1.82, 2.24) is 0 Å². The van der Waals surface area contributed by atoms with Gasteiger partial charge in [0, 0.05) is 14.6 Å². The van der Waals surface area contributed by atoms with Crippen LogP contribution in [-0.2, 0) is 0 Å². The van der Waals surface area contributed by atoms with Crippen LogP contribution in [0.5, 0.6) is 0 Å². The topological polar surface area (TPSA) is 0 Å². The molecule has 0 saturated heterocycles. The molecule has 0 bridgehead atoms. The predicted octanol–water partition coefficient (Wildman–Crippen LogP) is 4.40. The van der Waals surface area contributed by atoms with E-state index in [-0.39, 0.29) is 0 Å². The Bertz CT molecular complexity index is 305. The lowest BCUT2D eigenvalue weighted by Gasteiger charge is -2.25. The molecular formula is C11H13BrS. The van der Waals surface area contributed by atoms with E-state index in [1.54, 1.807) is 0 Å². The largest absolute Gasteiger partial charge is 0.122 e. The van der Waals surface area contributed by atoms with Crippen molar-refractivity contribution in [2.24, 2.45) is 0 Å². The Morgan fingerprint density at radius 1 is 1.38 bits per heavy atom. The number of rotatable bonds is 2. The summed E-state index contributed by atoms with van der Waals surface area (Å²) in [7, 11) is 0. The first-order valence-electron chi connectivity index (χ1n) is 4.68. The van der Waals surface area contributed by atoms with Crippen molar-refractivity contribution in [3.8, 4) is 0 Å². The Kier molecular flexibility index (Phi) is 2.99. The normalized spacial score (nSPS) is 17.1. The standard InChI is InChI=1S/C11H13BrS/c1-8-5-6-10(12)11(7-8)13-9-3-2-4-9/h5-7,9H,2-4H2,1H3. The van der Waals surface area contributed by atoms with Crippen LogP contribution in [0.2, 0.25) is 0 Å². The van der Waals surface area contributed by atoms with E-state index < -0.39 is 0 Å². The lowest BCUT2D eigenvalue weighted by molar-refractivity contribution is 0.522.